The van der Waals surface area contributed by atoms with Crippen LogP contribution in [-0.4, -0.2) is 24.4 Å². The van der Waals surface area contributed by atoms with Gasteiger partial charge in [0.25, 0.3) is 0 Å². The first-order chi connectivity index (χ1) is 11.1. The summed E-state index contributed by atoms with van der Waals surface area (Å²) in [7, 11) is 0. The Kier molecular flexibility index (Phi) is 3.03. The number of fused-ring (bicyclic) bond motifs is 1. The first-order valence-corrected chi connectivity index (χ1v) is 7.74. The maximum absolute atomic E-state index is 9.11. The molecule has 0 spiro atoms. The number of hydrogen-bond acceptors (Lipinski definition) is 5. The second-order valence-electron chi connectivity index (χ2n) is 5.86. The lowest BCUT2D eigenvalue weighted by Gasteiger charge is -2.40. The van der Waals surface area contributed by atoms with Crippen LogP contribution in [0.25, 0.3) is 16.8 Å². The SMILES string of the molecule is N#CCC1(n2cc(-c3nc(Cl)cn4nccc34)c(N)n2)CCC1. The Balaban J connectivity index is 1.87. The molecule has 0 saturated heterocycles. The predicted octanol–water partition coefficient (Wildman–Crippen LogP) is 2.62. The Bertz CT molecular complexity index is 929. The van der Waals surface area contributed by atoms with E-state index in [1.807, 2.05) is 16.9 Å². The first-order valence-electron chi connectivity index (χ1n) is 7.36. The molecule has 1 fully saturated rings. The van der Waals surface area contributed by atoms with Crippen LogP contribution in [0.5, 0.6) is 0 Å². The number of rotatable bonds is 3. The van der Waals surface area contributed by atoms with Crippen LogP contribution in [-0.2, 0) is 5.54 Å². The van der Waals surface area contributed by atoms with Crippen LogP contribution in [0.4, 0.5) is 5.82 Å². The van der Waals surface area contributed by atoms with E-state index >= 15 is 0 Å². The van der Waals surface area contributed by atoms with Gasteiger partial charge in [0.1, 0.15) is 10.8 Å². The number of nitrogens with two attached hydrogens (primary N) is 1. The number of hydrogen-bond donors (Lipinski definition) is 1. The fraction of sp³-hybridized carbons (Fsp3) is 0.333. The lowest BCUT2D eigenvalue weighted by atomic mass is 9.75. The molecule has 0 bridgehead atoms. The number of nitriles is 1. The molecule has 1 aliphatic rings. The number of nitrogens with zero attached hydrogens (tertiary/aromatic N) is 6. The molecule has 8 heteroatoms. The van der Waals surface area contributed by atoms with Crippen LogP contribution in [0.2, 0.25) is 5.15 Å². The van der Waals surface area contributed by atoms with Gasteiger partial charge in [0, 0.05) is 6.20 Å². The highest BCUT2D eigenvalue weighted by atomic mass is 35.5. The van der Waals surface area contributed by atoms with Crippen LogP contribution in [0.3, 0.4) is 0 Å². The van der Waals surface area contributed by atoms with Crippen LogP contribution >= 0.6 is 11.6 Å². The van der Waals surface area contributed by atoms with Gasteiger partial charge in [0.2, 0.25) is 0 Å². The summed E-state index contributed by atoms with van der Waals surface area (Å²) in [6.07, 6.45) is 8.60. The third kappa shape index (κ3) is 2.06. The summed E-state index contributed by atoms with van der Waals surface area (Å²) in [4.78, 5) is 4.40. The number of anilines is 1. The molecule has 0 amide bonds. The fourth-order valence-electron chi connectivity index (χ4n) is 3.13. The lowest BCUT2D eigenvalue weighted by molar-refractivity contribution is 0.130. The van der Waals surface area contributed by atoms with Gasteiger partial charge in [-0.05, 0) is 25.3 Å². The number of nitrogen functional groups attached to an aromatic ring is 1. The zero-order valence-electron chi connectivity index (χ0n) is 12.3. The monoisotopic (exact) mass is 327 g/mol. The van der Waals surface area contributed by atoms with Crippen molar-refractivity contribution in [3.8, 4) is 17.3 Å². The zero-order chi connectivity index (χ0) is 16.0. The van der Waals surface area contributed by atoms with E-state index in [9.17, 15) is 0 Å². The van der Waals surface area contributed by atoms with E-state index in [1.54, 1.807) is 16.9 Å². The summed E-state index contributed by atoms with van der Waals surface area (Å²) in [6.45, 7) is 0. The van der Waals surface area contributed by atoms with Gasteiger partial charge in [-0.15, -0.1) is 0 Å². The maximum atomic E-state index is 9.11. The van der Waals surface area contributed by atoms with Crippen molar-refractivity contribution >= 4 is 22.9 Å². The first kappa shape index (κ1) is 14.0. The van der Waals surface area contributed by atoms with Gasteiger partial charge in [-0.1, -0.05) is 11.6 Å². The van der Waals surface area contributed by atoms with Crippen LogP contribution < -0.4 is 5.73 Å². The highest BCUT2D eigenvalue weighted by Crippen LogP contribution is 2.43. The molecule has 4 rings (SSSR count). The van der Waals surface area contributed by atoms with Gasteiger partial charge in [-0.2, -0.15) is 15.5 Å². The van der Waals surface area contributed by atoms with Crippen molar-refractivity contribution in [2.24, 2.45) is 0 Å². The lowest BCUT2D eigenvalue weighted by Crippen LogP contribution is -2.40. The molecule has 3 aromatic rings. The summed E-state index contributed by atoms with van der Waals surface area (Å²) >= 11 is 6.08. The Labute approximate surface area is 137 Å². The average molecular weight is 328 g/mol. The van der Waals surface area contributed by atoms with Crippen molar-refractivity contribution in [2.45, 2.75) is 31.2 Å². The third-order valence-corrected chi connectivity index (χ3v) is 4.72. The molecule has 2 N–H and O–H groups in total. The van der Waals surface area contributed by atoms with Crippen molar-refractivity contribution in [2.75, 3.05) is 5.73 Å². The zero-order valence-corrected chi connectivity index (χ0v) is 13.0. The Hall–Kier alpha value is -2.59. The maximum Gasteiger partial charge on any atom is 0.155 e. The molecule has 1 aliphatic carbocycles. The molecule has 1 saturated carbocycles. The smallest absolute Gasteiger partial charge is 0.155 e. The molecule has 7 nitrogen and oxygen atoms in total. The minimum atomic E-state index is -0.240. The molecule has 116 valence electrons. The predicted molar refractivity (Wildman–Crippen MR) is 85.7 cm³/mol. The molecular formula is C15H14ClN7. The van der Waals surface area contributed by atoms with Crippen LogP contribution in [0, 0.1) is 11.3 Å². The van der Waals surface area contributed by atoms with Crippen molar-refractivity contribution in [1.82, 2.24) is 24.4 Å². The van der Waals surface area contributed by atoms with Gasteiger partial charge in [-0.25, -0.2) is 9.50 Å². The minimum absolute atomic E-state index is 0.240. The van der Waals surface area contributed by atoms with E-state index in [0.717, 1.165) is 24.8 Å². The summed E-state index contributed by atoms with van der Waals surface area (Å²) in [5.41, 5.74) is 8.05. The van der Waals surface area contributed by atoms with E-state index in [2.05, 4.69) is 21.3 Å². The van der Waals surface area contributed by atoms with Crippen molar-refractivity contribution in [3.05, 3.63) is 29.8 Å². The number of halogens is 1. The molecule has 0 aromatic carbocycles. The van der Waals surface area contributed by atoms with Gasteiger partial charge in [0.05, 0.1) is 41.5 Å². The second kappa shape index (κ2) is 4.96. The largest absolute Gasteiger partial charge is 0.382 e. The summed E-state index contributed by atoms with van der Waals surface area (Å²) in [6, 6.07) is 4.11. The van der Waals surface area contributed by atoms with Crippen molar-refractivity contribution in [3.63, 3.8) is 0 Å². The third-order valence-electron chi connectivity index (χ3n) is 4.54. The topological polar surface area (TPSA) is 97.8 Å². The van der Waals surface area contributed by atoms with E-state index < -0.39 is 0 Å². The molecule has 0 radical (unpaired) electrons. The minimum Gasteiger partial charge on any atom is -0.382 e. The Morgan fingerprint density at radius 3 is 2.91 bits per heavy atom. The van der Waals surface area contributed by atoms with Crippen LogP contribution in [0.1, 0.15) is 25.7 Å². The molecule has 23 heavy (non-hydrogen) atoms. The number of aromatic nitrogens is 5. The molecular weight excluding hydrogens is 314 g/mol. The van der Waals surface area contributed by atoms with Gasteiger partial charge in [0.15, 0.2) is 5.82 Å². The van der Waals surface area contributed by atoms with E-state index in [1.165, 1.54) is 0 Å². The quantitative estimate of drug-likeness (QED) is 0.797. The van der Waals surface area contributed by atoms with E-state index in [0.29, 0.717) is 28.6 Å². The van der Waals surface area contributed by atoms with Gasteiger partial charge >= 0.3 is 0 Å². The fourth-order valence-corrected chi connectivity index (χ4v) is 3.31. The molecule has 3 heterocycles. The van der Waals surface area contributed by atoms with Crippen LogP contribution in [0.15, 0.2) is 24.7 Å². The average Bonchev–Trinajstić information content (AvgIpc) is 3.08. The summed E-state index contributed by atoms with van der Waals surface area (Å²) in [5, 5.41) is 18.1. The molecule has 0 atom stereocenters. The Morgan fingerprint density at radius 1 is 1.39 bits per heavy atom. The van der Waals surface area contributed by atoms with Crippen molar-refractivity contribution < 1.29 is 0 Å². The van der Waals surface area contributed by atoms with E-state index in [-0.39, 0.29) is 5.54 Å². The Morgan fingerprint density at radius 2 is 2.22 bits per heavy atom. The second-order valence-corrected chi connectivity index (χ2v) is 6.25. The molecule has 3 aromatic heterocycles. The standard InChI is InChI=1S/C15H14ClN7/c16-12-9-22-11(2-7-19-22)13(20-12)10-8-23(21-14(10)18)15(5-6-17)3-1-4-15/h2,7-9H,1,3-5H2,(H2,18,21). The molecule has 0 unspecified atom stereocenters. The molecule has 0 aliphatic heterocycles. The van der Waals surface area contributed by atoms with Gasteiger partial charge in [-0.3, -0.25) is 4.68 Å². The highest BCUT2D eigenvalue weighted by molar-refractivity contribution is 6.29. The van der Waals surface area contributed by atoms with Crippen molar-refractivity contribution in [1.29, 1.82) is 5.26 Å². The highest BCUT2D eigenvalue weighted by Gasteiger charge is 2.40. The normalized spacial score (nSPS) is 16.2. The summed E-state index contributed by atoms with van der Waals surface area (Å²) < 4.78 is 3.50. The summed E-state index contributed by atoms with van der Waals surface area (Å²) in [5.74, 6) is 0.382. The van der Waals surface area contributed by atoms with E-state index in [4.69, 9.17) is 22.6 Å². The van der Waals surface area contributed by atoms with Gasteiger partial charge < -0.3 is 5.73 Å².